The summed E-state index contributed by atoms with van der Waals surface area (Å²) in [6, 6.07) is 19.3. The van der Waals surface area contributed by atoms with Crippen molar-refractivity contribution < 1.29 is 9.53 Å². The van der Waals surface area contributed by atoms with Crippen molar-refractivity contribution in [2.45, 2.75) is 13.0 Å². The van der Waals surface area contributed by atoms with Crippen LogP contribution >= 0.6 is 0 Å². The summed E-state index contributed by atoms with van der Waals surface area (Å²) in [6.45, 7) is 1.86. The molecule has 0 heterocycles. The molecule has 2 nitrogen and oxygen atoms in total. The van der Waals surface area contributed by atoms with Gasteiger partial charge in [-0.05, 0) is 30.7 Å². The summed E-state index contributed by atoms with van der Waals surface area (Å²) in [4.78, 5) is 11.8. The van der Waals surface area contributed by atoms with Crippen LogP contribution < -0.4 is 0 Å². The number of ether oxygens (including phenoxy) is 1. The summed E-state index contributed by atoms with van der Waals surface area (Å²) in [5.41, 5.74) is 1.54. The molecule has 0 amide bonds. The Labute approximate surface area is 101 Å². The normalized spacial score (nSPS) is 11.8. The zero-order valence-corrected chi connectivity index (χ0v) is 9.59. The Bertz CT molecular complexity index is 477. The van der Waals surface area contributed by atoms with Crippen LogP contribution in [-0.2, 0) is 4.74 Å². The van der Waals surface area contributed by atoms with Crippen molar-refractivity contribution in [3.05, 3.63) is 71.8 Å². The minimum absolute atomic E-state index is 0.243. The van der Waals surface area contributed by atoms with Gasteiger partial charge in [-0.1, -0.05) is 42.5 Å². The standard InChI is InChI=1S/C15H13O2/c1-12(13-8-4-2-5-9-13)17-15(16)14-10-6-3-7-11-14/h2,4-12H,1H3. The van der Waals surface area contributed by atoms with Crippen molar-refractivity contribution in [1.29, 1.82) is 0 Å². The maximum Gasteiger partial charge on any atom is 0.338 e. The first-order valence-electron chi connectivity index (χ1n) is 5.49. The summed E-state index contributed by atoms with van der Waals surface area (Å²) in [5, 5.41) is 0. The Balaban J connectivity index is 2.05. The van der Waals surface area contributed by atoms with Crippen molar-refractivity contribution in [2.75, 3.05) is 0 Å². The van der Waals surface area contributed by atoms with Crippen LogP contribution in [0.3, 0.4) is 0 Å². The summed E-state index contributed by atoms with van der Waals surface area (Å²) < 4.78 is 5.37. The number of hydrogen-bond donors (Lipinski definition) is 0. The molecule has 0 spiro atoms. The van der Waals surface area contributed by atoms with Gasteiger partial charge in [-0.2, -0.15) is 0 Å². The van der Waals surface area contributed by atoms with Crippen LogP contribution in [0.1, 0.15) is 28.9 Å². The molecule has 0 bridgehead atoms. The second-order valence-electron chi connectivity index (χ2n) is 3.75. The highest BCUT2D eigenvalue weighted by molar-refractivity contribution is 5.89. The Morgan fingerprint density at radius 3 is 2.41 bits per heavy atom. The summed E-state index contributed by atoms with van der Waals surface area (Å²) in [7, 11) is 0. The first-order chi connectivity index (χ1) is 8.27. The predicted molar refractivity (Wildman–Crippen MR) is 65.6 cm³/mol. The van der Waals surface area contributed by atoms with Gasteiger partial charge < -0.3 is 4.74 Å². The average molecular weight is 225 g/mol. The van der Waals surface area contributed by atoms with Crippen LogP contribution in [0.25, 0.3) is 0 Å². The Morgan fingerprint density at radius 2 is 1.76 bits per heavy atom. The molecule has 2 aromatic carbocycles. The van der Waals surface area contributed by atoms with Gasteiger partial charge in [0.2, 0.25) is 0 Å². The predicted octanol–water partition coefficient (Wildman–Crippen LogP) is 3.40. The van der Waals surface area contributed by atoms with E-state index in [1.807, 2.05) is 37.3 Å². The van der Waals surface area contributed by atoms with Gasteiger partial charge in [0, 0.05) is 0 Å². The van der Waals surface area contributed by atoms with Gasteiger partial charge in [-0.25, -0.2) is 4.79 Å². The van der Waals surface area contributed by atoms with E-state index in [9.17, 15) is 4.79 Å². The Hall–Kier alpha value is -2.09. The number of carbonyl (C=O) groups excluding carboxylic acids is 1. The van der Waals surface area contributed by atoms with Crippen LogP contribution in [0, 0.1) is 6.07 Å². The fraction of sp³-hybridized carbons (Fsp3) is 0.133. The third-order valence-electron chi connectivity index (χ3n) is 2.51. The summed E-state index contributed by atoms with van der Waals surface area (Å²) >= 11 is 0. The molecule has 0 saturated carbocycles. The quantitative estimate of drug-likeness (QED) is 0.748. The number of hydrogen-bond acceptors (Lipinski definition) is 2. The fourth-order valence-corrected chi connectivity index (χ4v) is 1.54. The average Bonchev–Trinajstić information content (AvgIpc) is 2.40. The van der Waals surface area contributed by atoms with Crippen LogP contribution in [0.15, 0.2) is 54.6 Å². The molecule has 0 aliphatic rings. The van der Waals surface area contributed by atoms with Gasteiger partial charge in [0.05, 0.1) is 5.56 Å². The van der Waals surface area contributed by atoms with E-state index in [0.717, 1.165) is 5.56 Å². The lowest BCUT2D eigenvalue weighted by Crippen LogP contribution is -2.08. The second-order valence-corrected chi connectivity index (χ2v) is 3.75. The highest BCUT2D eigenvalue weighted by Gasteiger charge is 2.12. The molecule has 85 valence electrons. The maximum absolute atomic E-state index is 11.8. The summed E-state index contributed by atoms with van der Waals surface area (Å²) in [6.07, 6.45) is -0.243. The molecule has 2 rings (SSSR count). The van der Waals surface area contributed by atoms with Gasteiger partial charge in [0.1, 0.15) is 6.10 Å². The van der Waals surface area contributed by atoms with E-state index in [1.54, 1.807) is 24.3 Å². The molecule has 0 N–H and O–H groups in total. The minimum atomic E-state index is -0.310. The van der Waals surface area contributed by atoms with E-state index in [2.05, 4.69) is 6.07 Å². The van der Waals surface area contributed by atoms with Crippen molar-refractivity contribution in [2.24, 2.45) is 0 Å². The van der Waals surface area contributed by atoms with Crippen LogP contribution in [0.4, 0.5) is 0 Å². The van der Waals surface area contributed by atoms with Gasteiger partial charge in [0.25, 0.3) is 0 Å². The van der Waals surface area contributed by atoms with Gasteiger partial charge in [0.15, 0.2) is 0 Å². The monoisotopic (exact) mass is 225 g/mol. The molecule has 1 atom stereocenters. The first kappa shape index (κ1) is 11.4. The van der Waals surface area contributed by atoms with Crippen molar-refractivity contribution in [3.8, 4) is 0 Å². The molecule has 0 aromatic heterocycles. The lowest BCUT2D eigenvalue weighted by Gasteiger charge is -2.13. The molecule has 2 heteroatoms. The molecule has 1 unspecified atom stereocenters. The van der Waals surface area contributed by atoms with E-state index >= 15 is 0 Å². The largest absolute Gasteiger partial charge is 0.454 e. The number of esters is 1. The number of benzene rings is 2. The lowest BCUT2D eigenvalue weighted by atomic mass is 10.1. The molecule has 0 saturated heterocycles. The van der Waals surface area contributed by atoms with E-state index < -0.39 is 0 Å². The van der Waals surface area contributed by atoms with Gasteiger partial charge in [-0.15, -0.1) is 0 Å². The SMILES string of the molecule is CC(OC(=O)c1cc[c]cc1)c1ccccc1. The van der Waals surface area contributed by atoms with Crippen LogP contribution in [0.5, 0.6) is 0 Å². The van der Waals surface area contributed by atoms with Crippen molar-refractivity contribution in [3.63, 3.8) is 0 Å². The molecule has 0 fully saturated rings. The van der Waals surface area contributed by atoms with E-state index in [1.165, 1.54) is 0 Å². The van der Waals surface area contributed by atoms with E-state index in [0.29, 0.717) is 5.56 Å². The van der Waals surface area contributed by atoms with Crippen molar-refractivity contribution >= 4 is 5.97 Å². The molecule has 0 aliphatic carbocycles. The number of carbonyl (C=O) groups is 1. The van der Waals surface area contributed by atoms with Gasteiger partial charge in [-0.3, -0.25) is 0 Å². The topological polar surface area (TPSA) is 26.3 Å². The lowest BCUT2D eigenvalue weighted by molar-refractivity contribution is 0.0338. The summed E-state index contributed by atoms with van der Waals surface area (Å²) in [5.74, 6) is -0.310. The number of rotatable bonds is 3. The molecule has 1 radical (unpaired) electrons. The second kappa shape index (κ2) is 5.30. The van der Waals surface area contributed by atoms with Gasteiger partial charge >= 0.3 is 5.97 Å². The third-order valence-corrected chi connectivity index (χ3v) is 2.51. The van der Waals surface area contributed by atoms with Crippen LogP contribution in [-0.4, -0.2) is 5.97 Å². The molecule has 17 heavy (non-hydrogen) atoms. The molecular formula is C15H13O2. The fourth-order valence-electron chi connectivity index (χ4n) is 1.54. The van der Waals surface area contributed by atoms with Crippen LogP contribution in [0.2, 0.25) is 0 Å². The molecule has 0 aliphatic heterocycles. The van der Waals surface area contributed by atoms with Crippen molar-refractivity contribution in [1.82, 2.24) is 0 Å². The highest BCUT2D eigenvalue weighted by atomic mass is 16.5. The van der Waals surface area contributed by atoms with E-state index in [4.69, 9.17) is 4.74 Å². The third kappa shape index (κ3) is 2.94. The Kier molecular flexibility index (Phi) is 3.55. The molecule has 2 aromatic rings. The smallest absolute Gasteiger partial charge is 0.338 e. The first-order valence-corrected chi connectivity index (χ1v) is 5.49. The highest BCUT2D eigenvalue weighted by Crippen LogP contribution is 2.17. The Morgan fingerprint density at radius 1 is 1.12 bits per heavy atom. The zero-order chi connectivity index (χ0) is 12.1. The minimum Gasteiger partial charge on any atom is -0.454 e. The maximum atomic E-state index is 11.8. The van der Waals surface area contributed by atoms with E-state index in [-0.39, 0.29) is 12.1 Å². The molecular weight excluding hydrogens is 212 g/mol. The zero-order valence-electron chi connectivity index (χ0n) is 9.59.